The minimum absolute atomic E-state index is 0.237. The molecule has 0 spiro atoms. The first-order valence-electron chi connectivity index (χ1n) is 3.59. The first-order valence-corrected chi connectivity index (χ1v) is 3.59. The van der Waals surface area contributed by atoms with Gasteiger partial charge in [0.15, 0.2) is 0 Å². The summed E-state index contributed by atoms with van der Waals surface area (Å²) in [4.78, 5) is 10.3. The van der Waals surface area contributed by atoms with E-state index in [9.17, 15) is 9.18 Å². The van der Waals surface area contributed by atoms with Crippen molar-refractivity contribution >= 4 is 6.29 Å². The number of carbonyl (C=O) groups is 1. The zero-order valence-electron chi connectivity index (χ0n) is 6.67. The van der Waals surface area contributed by atoms with Gasteiger partial charge < -0.3 is 4.79 Å². The van der Waals surface area contributed by atoms with E-state index in [0.717, 1.165) is 6.29 Å². The highest BCUT2D eigenvalue weighted by molar-refractivity contribution is 5.61. The third-order valence-electron chi connectivity index (χ3n) is 2.00. The zero-order valence-corrected chi connectivity index (χ0v) is 6.67. The summed E-state index contributed by atoms with van der Waals surface area (Å²) in [5, 5.41) is 0. The van der Waals surface area contributed by atoms with Crippen LogP contribution in [-0.2, 0) is 4.79 Å². The molecule has 1 nitrogen and oxygen atoms in total. The highest BCUT2D eigenvalue weighted by Crippen LogP contribution is 2.28. The van der Waals surface area contributed by atoms with E-state index >= 15 is 0 Å². The lowest BCUT2D eigenvalue weighted by atomic mass is 9.89. The predicted octanol–water partition coefficient (Wildman–Crippen LogP) is 2.05. The average Bonchev–Trinajstić information content (AvgIpc) is 1.95. The fourth-order valence-electron chi connectivity index (χ4n) is 1.02. The molecule has 2 atom stereocenters. The molecule has 0 fully saturated rings. The first-order chi connectivity index (χ1) is 5.06. The molecule has 2 unspecified atom stereocenters. The molecule has 0 heterocycles. The molecule has 1 aliphatic rings. The van der Waals surface area contributed by atoms with Crippen LogP contribution in [0, 0.1) is 5.92 Å². The Bertz CT molecular complexity index is 226. The summed E-state index contributed by atoms with van der Waals surface area (Å²) in [6.45, 7) is 3.18. The quantitative estimate of drug-likeness (QED) is 0.417. The number of hydrogen-bond acceptors (Lipinski definition) is 1. The summed E-state index contributed by atoms with van der Waals surface area (Å²) in [6, 6.07) is 0. The molecule has 0 N–H and O–H groups in total. The van der Waals surface area contributed by atoms with E-state index in [1.165, 1.54) is 13.0 Å². The molecule has 0 aliphatic heterocycles. The summed E-state index contributed by atoms with van der Waals surface area (Å²) in [7, 11) is 0. The van der Waals surface area contributed by atoms with Crippen LogP contribution in [0.1, 0.15) is 13.8 Å². The minimum Gasteiger partial charge on any atom is -0.302 e. The van der Waals surface area contributed by atoms with Gasteiger partial charge in [0, 0.05) is 0 Å². The number of carbonyl (C=O) groups excluding carboxylic acids is 1. The van der Waals surface area contributed by atoms with Crippen LogP contribution in [-0.4, -0.2) is 12.0 Å². The molecule has 0 aromatic rings. The van der Waals surface area contributed by atoms with Crippen LogP contribution in [0.15, 0.2) is 23.8 Å². The SMILES string of the molecule is CC1=CC(C=O)C=CC1(C)F. The Kier molecular flexibility index (Phi) is 1.94. The van der Waals surface area contributed by atoms with Crippen molar-refractivity contribution in [3.8, 4) is 0 Å². The molecule has 0 bridgehead atoms. The van der Waals surface area contributed by atoms with Crippen molar-refractivity contribution in [1.29, 1.82) is 0 Å². The largest absolute Gasteiger partial charge is 0.302 e. The molecule has 0 saturated carbocycles. The fraction of sp³-hybridized carbons (Fsp3) is 0.444. The molecule has 0 radical (unpaired) electrons. The van der Waals surface area contributed by atoms with Gasteiger partial charge in [0.1, 0.15) is 12.0 Å². The van der Waals surface area contributed by atoms with Crippen LogP contribution in [0.3, 0.4) is 0 Å². The minimum atomic E-state index is -1.36. The summed E-state index contributed by atoms with van der Waals surface area (Å²) in [5.74, 6) is -0.237. The number of allylic oxidation sites excluding steroid dienone is 4. The summed E-state index contributed by atoms with van der Waals surface area (Å²) < 4.78 is 13.3. The van der Waals surface area contributed by atoms with E-state index < -0.39 is 5.67 Å². The van der Waals surface area contributed by atoms with Crippen molar-refractivity contribution in [2.45, 2.75) is 19.5 Å². The lowest BCUT2D eigenvalue weighted by Gasteiger charge is -2.21. The third kappa shape index (κ3) is 1.56. The second-order valence-electron chi connectivity index (χ2n) is 3.00. The normalized spacial score (nSPS) is 36.6. The number of alkyl halides is 1. The molecule has 0 saturated heterocycles. The van der Waals surface area contributed by atoms with Crippen LogP contribution in [0.25, 0.3) is 0 Å². The molecule has 60 valence electrons. The van der Waals surface area contributed by atoms with E-state index in [4.69, 9.17) is 0 Å². The van der Waals surface area contributed by atoms with E-state index in [1.54, 1.807) is 19.1 Å². The maximum atomic E-state index is 13.3. The highest BCUT2D eigenvalue weighted by atomic mass is 19.1. The average molecular weight is 154 g/mol. The molecule has 11 heavy (non-hydrogen) atoms. The van der Waals surface area contributed by atoms with Gasteiger partial charge in [0.2, 0.25) is 0 Å². The van der Waals surface area contributed by atoms with Crippen LogP contribution in [0.4, 0.5) is 4.39 Å². The monoisotopic (exact) mass is 154 g/mol. The van der Waals surface area contributed by atoms with E-state index in [1.807, 2.05) is 0 Å². The number of hydrogen-bond donors (Lipinski definition) is 0. The summed E-state index contributed by atoms with van der Waals surface area (Å²) in [5.41, 5.74) is -0.753. The van der Waals surface area contributed by atoms with Gasteiger partial charge >= 0.3 is 0 Å². The van der Waals surface area contributed by atoms with E-state index in [0.29, 0.717) is 5.57 Å². The molecular formula is C9H11FO. The van der Waals surface area contributed by atoms with Gasteiger partial charge in [0.25, 0.3) is 0 Å². The second kappa shape index (κ2) is 2.61. The number of halogens is 1. The second-order valence-corrected chi connectivity index (χ2v) is 3.00. The standard InChI is InChI=1S/C9H11FO/c1-7-5-8(6-11)3-4-9(7,2)10/h3-6,8H,1-2H3. The highest BCUT2D eigenvalue weighted by Gasteiger charge is 2.25. The molecule has 0 aromatic heterocycles. The van der Waals surface area contributed by atoms with Gasteiger partial charge in [-0.25, -0.2) is 4.39 Å². The molecule has 0 amide bonds. The van der Waals surface area contributed by atoms with Crippen molar-refractivity contribution in [1.82, 2.24) is 0 Å². The molecule has 1 aliphatic carbocycles. The van der Waals surface area contributed by atoms with Crippen molar-refractivity contribution in [3.05, 3.63) is 23.8 Å². The summed E-state index contributed by atoms with van der Waals surface area (Å²) in [6.07, 6.45) is 5.46. The zero-order chi connectivity index (χ0) is 8.48. The van der Waals surface area contributed by atoms with Crippen LogP contribution >= 0.6 is 0 Å². The van der Waals surface area contributed by atoms with Gasteiger partial charge in [-0.15, -0.1) is 0 Å². The molecular weight excluding hydrogens is 143 g/mol. The van der Waals surface area contributed by atoms with Crippen molar-refractivity contribution in [3.63, 3.8) is 0 Å². The van der Waals surface area contributed by atoms with Gasteiger partial charge in [0.05, 0.1) is 5.92 Å². The third-order valence-corrected chi connectivity index (χ3v) is 2.00. The molecule has 2 heteroatoms. The van der Waals surface area contributed by atoms with Crippen LogP contribution in [0.2, 0.25) is 0 Å². The van der Waals surface area contributed by atoms with Gasteiger partial charge in [-0.3, -0.25) is 0 Å². The lowest BCUT2D eigenvalue weighted by molar-refractivity contribution is -0.109. The maximum Gasteiger partial charge on any atom is 0.147 e. The molecule has 1 rings (SSSR count). The Labute approximate surface area is 65.6 Å². The van der Waals surface area contributed by atoms with Crippen molar-refractivity contribution < 1.29 is 9.18 Å². The number of rotatable bonds is 1. The predicted molar refractivity (Wildman–Crippen MR) is 42.0 cm³/mol. The number of aldehydes is 1. The Hall–Kier alpha value is -0.920. The molecule has 0 aromatic carbocycles. The van der Waals surface area contributed by atoms with Crippen LogP contribution < -0.4 is 0 Å². The van der Waals surface area contributed by atoms with Gasteiger partial charge in [-0.2, -0.15) is 0 Å². The lowest BCUT2D eigenvalue weighted by Crippen LogP contribution is -2.20. The topological polar surface area (TPSA) is 17.1 Å². The maximum absolute atomic E-state index is 13.3. The van der Waals surface area contributed by atoms with E-state index in [-0.39, 0.29) is 5.92 Å². The Morgan fingerprint density at radius 2 is 2.36 bits per heavy atom. The first kappa shape index (κ1) is 8.18. The van der Waals surface area contributed by atoms with Crippen molar-refractivity contribution in [2.24, 2.45) is 5.92 Å². The van der Waals surface area contributed by atoms with Gasteiger partial charge in [-0.05, 0) is 25.5 Å². The summed E-state index contributed by atoms with van der Waals surface area (Å²) >= 11 is 0. The smallest absolute Gasteiger partial charge is 0.147 e. The van der Waals surface area contributed by atoms with Crippen LogP contribution in [0.5, 0.6) is 0 Å². The fourth-order valence-corrected chi connectivity index (χ4v) is 1.02. The van der Waals surface area contributed by atoms with Gasteiger partial charge in [-0.1, -0.05) is 12.2 Å². The Morgan fingerprint density at radius 3 is 2.82 bits per heavy atom. The van der Waals surface area contributed by atoms with Crippen molar-refractivity contribution in [2.75, 3.05) is 0 Å². The Morgan fingerprint density at radius 1 is 1.73 bits per heavy atom. The van der Waals surface area contributed by atoms with E-state index in [2.05, 4.69) is 0 Å². The Balaban J connectivity index is 2.88.